The largest absolute Gasteiger partial charge is 0.369 e. The first kappa shape index (κ1) is 19.4. The number of anilines is 2. The van der Waals surface area contributed by atoms with E-state index in [1.54, 1.807) is 0 Å². The van der Waals surface area contributed by atoms with Crippen LogP contribution in [0, 0.1) is 0 Å². The Morgan fingerprint density at radius 3 is 2.41 bits per heavy atom. The maximum Gasteiger partial charge on any atom is 0.191 e. The summed E-state index contributed by atoms with van der Waals surface area (Å²) in [6, 6.07) is 19.8. The number of para-hydroxylation sites is 1. The molecular weight excluding hydrogens is 358 g/mol. The molecule has 2 heterocycles. The highest BCUT2D eigenvalue weighted by molar-refractivity contribution is 5.80. The Balaban J connectivity index is 1.33. The van der Waals surface area contributed by atoms with E-state index in [4.69, 9.17) is 4.99 Å². The van der Waals surface area contributed by atoms with Gasteiger partial charge in [0.25, 0.3) is 0 Å². The summed E-state index contributed by atoms with van der Waals surface area (Å²) in [4.78, 5) is 9.62. The van der Waals surface area contributed by atoms with E-state index in [0.717, 1.165) is 45.1 Å². The van der Waals surface area contributed by atoms with Gasteiger partial charge in [0.2, 0.25) is 0 Å². The average molecular weight is 390 g/mol. The van der Waals surface area contributed by atoms with E-state index in [9.17, 15) is 0 Å². The summed E-state index contributed by atoms with van der Waals surface area (Å²) < 4.78 is 0. The molecule has 0 aromatic heterocycles. The van der Waals surface area contributed by atoms with Crippen molar-refractivity contribution in [1.29, 1.82) is 0 Å². The molecule has 1 unspecified atom stereocenters. The lowest BCUT2D eigenvalue weighted by molar-refractivity contribution is 0.649. The normalized spacial score (nSPS) is 19.1. The highest BCUT2D eigenvalue weighted by Crippen LogP contribution is 2.20. The Labute approximate surface area is 174 Å². The lowest BCUT2D eigenvalue weighted by atomic mass is 10.2. The van der Waals surface area contributed by atoms with Crippen molar-refractivity contribution in [2.75, 3.05) is 42.5 Å². The second kappa shape index (κ2) is 9.50. The van der Waals surface area contributed by atoms with Crippen molar-refractivity contribution in [2.45, 2.75) is 25.9 Å². The minimum atomic E-state index is 0.415. The minimum absolute atomic E-state index is 0.415. The molecule has 0 amide bonds. The number of nitrogens with one attached hydrogen (secondary N) is 2. The number of guanidine groups is 1. The Hall–Kier alpha value is -2.95. The van der Waals surface area contributed by atoms with Crippen molar-refractivity contribution < 1.29 is 0 Å². The van der Waals surface area contributed by atoms with Gasteiger partial charge in [0.15, 0.2) is 5.96 Å². The van der Waals surface area contributed by atoms with E-state index in [2.05, 4.69) is 94.1 Å². The molecule has 29 heavy (non-hydrogen) atoms. The van der Waals surface area contributed by atoms with Crippen LogP contribution in [0.25, 0.3) is 0 Å². The third kappa shape index (κ3) is 5.11. The molecule has 2 N–H and O–H groups in total. The molecule has 5 heteroatoms. The van der Waals surface area contributed by atoms with Gasteiger partial charge >= 0.3 is 0 Å². The molecule has 0 aliphatic carbocycles. The quantitative estimate of drug-likeness (QED) is 0.451. The lowest BCUT2D eigenvalue weighted by Gasteiger charge is -2.20. The summed E-state index contributed by atoms with van der Waals surface area (Å²) in [5.41, 5.74) is 3.81. The van der Waals surface area contributed by atoms with Gasteiger partial charge in [-0.25, -0.2) is 4.99 Å². The number of hydrogen-bond donors (Lipinski definition) is 2. The first-order valence-electron chi connectivity index (χ1n) is 10.7. The van der Waals surface area contributed by atoms with Gasteiger partial charge in [-0.15, -0.1) is 0 Å². The van der Waals surface area contributed by atoms with Crippen molar-refractivity contribution in [2.24, 2.45) is 4.99 Å². The SMILES string of the molecule is CCNC(=NCc1ccc(N2CC=CC2)cc1)NC1CCN(c2ccccc2)C1. The average Bonchev–Trinajstić information content (AvgIpc) is 3.46. The molecule has 2 aliphatic heterocycles. The van der Waals surface area contributed by atoms with Crippen molar-refractivity contribution in [3.05, 3.63) is 72.3 Å². The third-order valence-electron chi connectivity index (χ3n) is 5.53. The van der Waals surface area contributed by atoms with Gasteiger partial charge in [-0.2, -0.15) is 0 Å². The van der Waals surface area contributed by atoms with Gasteiger partial charge in [0, 0.05) is 50.1 Å². The molecule has 2 aliphatic rings. The monoisotopic (exact) mass is 389 g/mol. The van der Waals surface area contributed by atoms with Gasteiger partial charge in [0.1, 0.15) is 0 Å². The minimum Gasteiger partial charge on any atom is -0.369 e. The van der Waals surface area contributed by atoms with E-state index in [1.807, 2.05) is 0 Å². The predicted octanol–water partition coefficient (Wildman–Crippen LogP) is 3.40. The lowest BCUT2D eigenvalue weighted by Crippen LogP contribution is -2.44. The van der Waals surface area contributed by atoms with Gasteiger partial charge in [0.05, 0.1) is 6.54 Å². The van der Waals surface area contributed by atoms with Crippen LogP contribution in [0.5, 0.6) is 0 Å². The second-order valence-electron chi connectivity index (χ2n) is 7.65. The van der Waals surface area contributed by atoms with Crippen LogP contribution in [0.3, 0.4) is 0 Å². The molecule has 0 spiro atoms. The maximum atomic E-state index is 4.82. The van der Waals surface area contributed by atoms with Gasteiger partial charge in [-0.05, 0) is 43.2 Å². The predicted molar refractivity (Wildman–Crippen MR) is 123 cm³/mol. The molecule has 152 valence electrons. The van der Waals surface area contributed by atoms with Crippen LogP contribution in [0.4, 0.5) is 11.4 Å². The summed E-state index contributed by atoms with van der Waals surface area (Å²) in [7, 11) is 0. The topological polar surface area (TPSA) is 42.9 Å². The highest BCUT2D eigenvalue weighted by Gasteiger charge is 2.23. The van der Waals surface area contributed by atoms with Crippen molar-refractivity contribution in [1.82, 2.24) is 10.6 Å². The summed E-state index contributed by atoms with van der Waals surface area (Å²) >= 11 is 0. The molecule has 2 aromatic carbocycles. The second-order valence-corrected chi connectivity index (χ2v) is 7.65. The molecule has 5 nitrogen and oxygen atoms in total. The molecule has 0 saturated carbocycles. The molecule has 2 aromatic rings. The highest BCUT2D eigenvalue weighted by atomic mass is 15.2. The van der Waals surface area contributed by atoms with Crippen LogP contribution in [0.1, 0.15) is 18.9 Å². The molecular formula is C24H31N5. The number of benzene rings is 2. The van der Waals surface area contributed by atoms with E-state index >= 15 is 0 Å². The van der Waals surface area contributed by atoms with Gasteiger partial charge in [-0.1, -0.05) is 42.5 Å². The molecule has 4 rings (SSSR count). The first-order valence-corrected chi connectivity index (χ1v) is 10.7. The maximum absolute atomic E-state index is 4.82. The van der Waals surface area contributed by atoms with E-state index < -0.39 is 0 Å². The van der Waals surface area contributed by atoms with E-state index in [1.165, 1.54) is 16.9 Å². The van der Waals surface area contributed by atoms with Crippen LogP contribution < -0.4 is 20.4 Å². The van der Waals surface area contributed by atoms with Crippen LogP contribution in [0.15, 0.2) is 71.7 Å². The zero-order valence-electron chi connectivity index (χ0n) is 17.2. The first-order chi connectivity index (χ1) is 14.3. The smallest absolute Gasteiger partial charge is 0.191 e. The fourth-order valence-electron chi connectivity index (χ4n) is 3.94. The standard InChI is InChI=1S/C24H31N5/c1-2-25-24(27-21-14-17-29(19-21)22-8-4-3-5-9-22)26-18-20-10-12-23(13-11-20)28-15-6-7-16-28/h3-13,21H,2,14-19H2,1H3,(H2,25,26,27). The van der Waals surface area contributed by atoms with Crippen molar-refractivity contribution in [3.63, 3.8) is 0 Å². The Kier molecular flexibility index (Phi) is 6.35. The third-order valence-corrected chi connectivity index (χ3v) is 5.53. The summed E-state index contributed by atoms with van der Waals surface area (Å²) in [5.74, 6) is 0.903. The van der Waals surface area contributed by atoms with E-state index in [-0.39, 0.29) is 0 Å². The zero-order chi connectivity index (χ0) is 19.9. The van der Waals surface area contributed by atoms with Crippen molar-refractivity contribution >= 4 is 17.3 Å². The summed E-state index contributed by atoms with van der Waals surface area (Å²) in [6.45, 7) is 7.76. The molecule has 0 bridgehead atoms. The van der Waals surface area contributed by atoms with Gasteiger partial charge < -0.3 is 20.4 Å². The fraction of sp³-hybridized carbons (Fsp3) is 0.375. The number of nitrogens with zero attached hydrogens (tertiary/aromatic N) is 3. The zero-order valence-corrected chi connectivity index (χ0v) is 17.2. The summed E-state index contributed by atoms with van der Waals surface area (Å²) in [6.07, 6.45) is 5.56. The van der Waals surface area contributed by atoms with Crippen molar-refractivity contribution in [3.8, 4) is 0 Å². The van der Waals surface area contributed by atoms with Crippen LogP contribution >= 0.6 is 0 Å². The van der Waals surface area contributed by atoms with Gasteiger partial charge in [-0.3, -0.25) is 0 Å². The number of hydrogen-bond acceptors (Lipinski definition) is 3. The summed E-state index contributed by atoms with van der Waals surface area (Å²) in [5, 5.41) is 7.02. The number of aliphatic imine (C=N–C) groups is 1. The van der Waals surface area contributed by atoms with Crippen LogP contribution in [-0.2, 0) is 6.54 Å². The molecule has 1 saturated heterocycles. The van der Waals surface area contributed by atoms with Crippen LogP contribution in [-0.4, -0.2) is 44.7 Å². The van der Waals surface area contributed by atoms with Crippen LogP contribution in [0.2, 0.25) is 0 Å². The fourth-order valence-corrected chi connectivity index (χ4v) is 3.94. The Morgan fingerprint density at radius 2 is 1.69 bits per heavy atom. The Bertz CT molecular complexity index is 820. The molecule has 1 fully saturated rings. The Morgan fingerprint density at radius 1 is 0.966 bits per heavy atom. The number of rotatable bonds is 6. The molecule has 1 atom stereocenters. The molecule has 0 radical (unpaired) electrons. The van der Waals surface area contributed by atoms with E-state index in [0.29, 0.717) is 12.6 Å².